The van der Waals surface area contributed by atoms with Crippen LogP contribution >= 0.6 is 0 Å². The first kappa shape index (κ1) is 15.3. The summed E-state index contributed by atoms with van der Waals surface area (Å²) >= 11 is 0. The summed E-state index contributed by atoms with van der Waals surface area (Å²) in [5.41, 5.74) is -1.14. The van der Waals surface area contributed by atoms with E-state index in [-0.39, 0.29) is 30.3 Å². The molecule has 114 valence electrons. The molecule has 2 N–H and O–H groups in total. The number of benzene rings is 1. The molecule has 1 amide bonds. The van der Waals surface area contributed by atoms with Crippen LogP contribution in [-0.2, 0) is 4.79 Å². The second-order valence-corrected chi connectivity index (χ2v) is 5.76. The lowest BCUT2D eigenvalue weighted by Gasteiger charge is -2.28. The molecule has 1 aromatic carbocycles. The number of hydrogen-bond acceptors (Lipinski definition) is 3. The van der Waals surface area contributed by atoms with E-state index in [2.05, 4.69) is 0 Å². The van der Waals surface area contributed by atoms with Crippen LogP contribution < -0.4 is 0 Å². The van der Waals surface area contributed by atoms with Crippen molar-refractivity contribution >= 4 is 11.9 Å². The van der Waals surface area contributed by atoms with Gasteiger partial charge in [0.1, 0.15) is 11.6 Å². The van der Waals surface area contributed by atoms with Gasteiger partial charge in [0, 0.05) is 19.2 Å². The highest BCUT2D eigenvalue weighted by molar-refractivity contribution is 5.95. The van der Waals surface area contributed by atoms with Gasteiger partial charge in [-0.25, -0.2) is 4.39 Å². The van der Waals surface area contributed by atoms with Gasteiger partial charge in [-0.2, -0.15) is 0 Å². The number of phenolic OH excluding ortho intramolecular Hbond substituents is 1. The second kappa shape index (κ2) is 5.35. The average Bonchev–Trinajstić information content (AvgIpc) is 2.84. The third-order valence-corrected chi connectivity index (χ3v) is 4.30. The maximum Gasteiger partial charge on any atom is 0.311 e. The summed E-state index contributed by atoms with van der Waals surface area (Å²) in [5.74, 6) is -2.67. The first-order chi connectivity index (χ1) is 9.78. The highest BCUT2D eigenvalue weighted by atomic mass is 19.1. The maximum absolute atomic E-state index is 13.7. The van der Waals surface area contributed by atoms with Gasteiger partial charge in [-0.05, 0) is 24.5 Å². The third kappa shape index (κ3) is 2.57. The molecule has 1 aliphatic heterocycles. The summed E-state index contributed by atoms with van der Waals surface area (Å²) in [4.78, 5) is 25.2. The number of nitrogens with zero attached hydrogens (tertiary/aromatic N) is 1. The van der Waals surface area contributed by atoms with Gasteiger partial charge in [0.2, 0.25) is 0 Å². The van der Waals surface area contributed by atoms with Crippen molar-refractivity contribution in [2.45, 2.75) is 20.3 Å². The lowest BCUT2D eigenvalue weighted by molar-refractivity contribution is -0.150. The Kier molecular flexibility index (Phi) is 3.89. The fourth-order valence-corrected chi connectivity index (χ4v) is 2.75. The number of phenols is 1. The zero-order valence-corrected chi connectivity index (χ0v) is 12.0. The molecule has 1 heterocycles. The van der Waals surface area contributed by atoms with Crippen molar-refractivity contribution in [2.24, 2.45) is 11.3 Å². The van der Waals surface area contributed by atoms with Crippen LogP contribution in [0.15, 0.2) is 18.2 Å². The average molecular weight is 295 g/mol. The van der Waals surface area contributed by atoms with Gasteiger partial charge in [0.25, 0.3) is 5.91 Å². The largest absolute Gasteiger partial charge is 0.508 e. The van der Waals surface area contributed by atoms with Crippen molar-refractivity contribution in [3.05, 3.63) is 29.6 Å². The van der Waals surface area contributed by atoms with Crippen molar-refractivity contribution in [3.63, 3.8) is 0 Å². The van der Waals surface area contributed by atoms with Crippen LogP contribution in [0.5, 0.6) is 5.75 Å². The number of amides is 1. The van der Waals surface area contributed by atoms with Crippen LogP contribution in [0.4, 0.5) is 4.39 Å². The smallest absolute Gasteiger partial charge is 0.311 e. The Morgan fingerprint density at radius 3 is 2.52 bits per heavy atom. The SMILES string of the molecule is CC(C)C1(C(=O)O)CCN(C(=O)c2ccc(O)cc2F)C1. The number of hydrogen-bond donors (Lipinski definition) is 2. The Hall–Kier alpha value is -2.11. The van der Waals surface area contributed by atoms with Gasteiger partial charge in [-0.3, -0.25) is 9.59 Å². The van der Waals surface area contributed by atoms with Crippen LogP contribution in [0.2, 0.25) is 0 Å². The minimum atomic E-state index is -0.983. The number of rotatable bonds is 3. The molecule has 6 heteroatoms. The minimum absolute atomic E-state index is 0.0686. The minimum Gasteiger partial charge on any atom is -0.508 e. The van der Waals surface area contributed by atoms with Gasteiger partial charge < -0.3 is 15.1 Å². The van der Waals surface area contributed by atoms with E-state index in [1.54, 1.807) is 0 Å². The van der Waals surface area contributed by atoms with E-state index in [0.717, 1.165) is 6.07 Å². The molecule has 2 rings (SSSR count). The number of aromatic hydroxyl groups is 1. The molecule has 0 aliphatic carbocycles. The topological polar surface area (TPSA) is 77.8 Å². The van der Waals surface area contributed by atoms with Gasteiger partial charge in [-0.15, -0.1) is 0 Å². The van der Waals surface area contributed by atoms with E-state index in [9.17, 15) is 24.2 Å². The first-order valence-electron chi connectivity index (χ1n) is 6.79. The molecular weight excluding hydrogens is 277 g/mol. The van der Waals surface area contributed by atoms with Crippen molar-refractivity contribution < 1.29 is 24.2 Å². The lowest BCUT2D eigenvalue weighted by atomic mass is 9.76. The Balaban J connectivity index is 2.25. The van der Waals surface area contributed by atoms with Crippen LogP contribution in [0, 0.1) is 17.2 Å². The maximum atomic E-state index is 13.7. The molecule has 0 saturated carbocycles. The molecule has 5 nitrogen and oxygen atoms in total. The summed E-state index contributed by atoms with van der Waals surface area (Å²) in [7, 11) is 0. The zero-order valence-electron chi connectivity index (χ0n) is 12.0. The number of carbonyl (C=O) groups is 2. The van der Waals surface area contributed by atoms with Crippen molar-refractivity contribution in [1.82, 2.24) is 4.90 Å². The van der Waals surface area contributed by atoms with Crippen molar-refractivity contribution in [2.75, 3.05) is 13.1 Å². The van der Waals surface area contributed by atoms with Gasteiger partial charge in [0.15, 0.2) is 0 Å². The standard InChI is InChI=1S/C15H18FNO4/c1-9(2)15(14(20)21)5-6-17(8-15)13(19)11-4-3-10(18)7-12(11)16/h3-4,7,9,18H,5-6,8H2,1-2H3,(H,20,21). The molecule has 0 radical (unpaired) electrons. The predicted molar refractivity (Wildman–Crippen MR) is 73.5 cm³/mol. The molecule has 1 aromatic rings. The molecule has 1 aliphatic rings. The Morgan fingerprint density at radius 2 is 2.05 bits per heavy atom. The van der Waals surface area contributed by atoms with Crippen LogP contribution in [0.25, 0.3) is 0 Å². The second-order valence-electron chi connectivity index (χ2n) is 5.76. The Bertz CT molecular complexity index is 587. The summed E-state index contributed by atoms with van der Waals surface area (Å²) < 4.78 is 13.7. The molecule has 0 spiro atoms. The molecule has 21 heavy (non-hydrogen) atoms. The highest BCUT2D eigenvalue weighted by Crippen LogP contribution is 2.38. The molecule has 1 fully saturated rings. The number of halogens is 1. The number of aliphatic carboxylic acids is 1. The molecule has 1 atom stereocenters. The lowest BCUT2D eigenvalue weighted by Crippen LogP contribution is -2.40. The van der Waals surface area contributed by atoms with Gasteiger partial charge in [0.05, 0.1) is 11.0 Å². The van der Waals surface area contributed by atoms with Crippen molar-refractivity contribution in [1.29, 1.82) is 0 Å². The summed E-state index contributed by atoms with van der Waals surface area (Å²) in [5, 5.41) is 18.6. The van der Waals surface area contributed by atoms with Gasteiger partial charge >= 0.3 is 5.97 Å². The summed E-state index contributed by atoms with van der Waals surface area (Å²) in [6.45, 7) is 3.97. The van der Waals surface area contributed by atoms with Crippen LogP contribution in [0.1, 0.15) is 30.6 Å². The number of likely N-dealkylation sites (tertiary alicyclic amines) is 1. The summed E-state index contributed by atoms with van der Waals surface area (Å²) in [6.07, 6.45) is 0.353. The van der Waals surface area contributed by atoms with E-state index in [1.165, 1.54) is 17.0 Å². The molecule has 0 bridgehead atoms. The van der Waals surface area contributed by atoms with Crippen molar-refractivity contribution in [3.8, 4) is 5.75 Å². The zero-order chi connectivity index (χ0) is 15.8. The monoisotopic (exact) mass is 295 g/mol. The Labute approximate surface area is 122 Å². The fourth-order valence-electron chi connectivity index (χ4n) is 2.75. The molecule has 0 aromatic heterocycles. The predicted octanol–water partition coefficient (Wildman–Crippen LogP) is 2.10. The molecular formula is C15H18FNO4. The van der Waals surface area contributed by atoms with Crippen LogP contribution in [-0.4, -0.2) is 40.1 Å². The highest BCUT2D eigenvalue weighted by Gasteiger charge is 2.48. The van der Waals surface area contributed by atoms with E-state index in [0.29, 0.717) is 6.42 Å². The van der Waals surface area contributed by atoms with E-state index in [4.69, 9.17) is 0 Å². The number of carbonyl (C=O) groups excluding carboxylic acids is 1. The third-order valence-electron chi connectivity index (χ3n) is 4.30. The number of carboxylic acids is 1. The van der Waals surface area contributed by atoms with Gasteiger partial charge in [-0.1, -0.05) is 13.8 Å². The normalized spacial score (nSPS) is 21.8. The number of carboxylic acid groups (broad SMARTS) is 1. The molecule has 1 saturated heterocycles. The summed E-state index contributed by atoms with van der Waals surface area (Å²) in [6, 6.07) is 3.32. The Morgan fingerprint density at radius 1 is 1.38 bits per heavy atom. The first-order valence-corrected chi connectivity index (χ1v) is 6.79. The fraction of sp³-hybridized carbons (Fsp3) is 0.467. The molecule has 1 unspecified atom stereocenters. The van der Waals surface area contributed by atoms with Crippen LogP contribution in [0.3, 0.4) is 0 Å². The van der Waals surface area contributed by atoms with E-state index >= 15 is 0 Å². The van der Waals surface area contributed by atoms with E-state index in [1.807, 2.05) is 13.8 Å². The van der Waals surface area contributed by atoms with E-state index < -0.39 is 23.1 Å². The quantitative estimate of drug-likeness (QED) is 0.895.